The number of nitrogens with zero attached hydrogens (tertiary/aromatic N) is 1. The molecular weight excluding hydrogens is 478 g/mol. The molecule has 3 rings (SSSR count). The number of ether oxygens (including phenoxy) is 1. The Bertz CT molecular complexity index is 941. The normalized spacial score (nSPS) is 15.7. The number of furan rings is 1. The summed E-state index contributed by atoms with van der Waals surface area (Å²) in [7, 11) is 1.19. The van der Waals surface area contributed by atoms with Crippen LogP contribution in [0.25, 0.3) is 6.08 Å². The third-order valence-corrected chi connectivity index (χ3v) is 6.37. The molecule has 2 heterocycles. The van der Waals surface area contributed by atoms with Gasteiger partial charge in [-0.2, -0.15) is 0 Å². The molecule has 0 radical (unpaired) electrons. The Morgan fingerprint density at radius 1 is 1.37 bits per heavy atom. The Balaban J connectivity index is 1.77. The second-order valence-electron chi connectivity index (χ2n) is 5.18. The summed E-state index contributed by atoms with van der Waals surface area (Å²) in [4.78, 5) is 37.5. The number of carbonyl (C=O) groups excluding carboxylic acids is 3. The van der Waals surface area contributed by atoms with Crippen LogP contribution in [0, 0.1) is 0 Å². The highest BCUT2D eigenvalue weighted by atomic mass is 79.9. The van der Waals surface area contributed by atoms with Crippen LogP contribution >= 0.6 is 51.1 Å². The van der Waals surface area contributed by atoms with Crippen LogP contribution in [-0.4, -0.2) is 35.7 Å². The first-order valence-corrected chi connectivity index (χ1v) is 10.2. The van der Waals surface area contributed by atoms with E-state index in [1.807, 2.05) is 12.1 Å². The summed E-state index contributed by atoms with van der Waals surface area (Å²) in [6.45, 7) is -0.419. The maximum atomic E-state index is 12.3. The lowest BCUT2D eigenvalue weighted by molar-refractivity contribution is -0.143. The molecule has 1 aromatic carbocycles. The molecule has 2 aromatic rings. The van der Waals surface area contributed by atoms with Crippen molar-refractivity contribution in [2.75, 3.05) is 13.7 Å². The second-order valence-corrected chi connectivity index (χ2v) is 8.51. The maximum Gasteiger partial charge on any atom is 0.325 e. The number of rotatable bonds is 5. The Hall–Kier alpha value is -1.68. The number of imide groups is 1. The molecule has 1 aliphatic rings. The number of hydrogen-bond donors (Lipinski definition) is 0. The first kappa shape index (κ1) is 20.1. The van der Waals surface area contributed by atoms with Gasteiger partial charge in [0.1, 0.15) is 12.3 Å². The van der Waals surface area contributed by atoms with Crippen LogP contribution in [0.15, 0.2) is 54.1 Å². The average molecular weight is 489 g/mol. The Kier molecular flexibility index (Phi) is 6.36. The number of halogens is 2. The van der Waals surface area contributed by atoms with Crippen molar-refractivity contribution >= 4 is 74.2 Å². The van der Waals surface area contributed by atoms with Crippen molar-refractivity contribution in [3.63, 3.8) is 0 Å². The quantitative estimate of drug-likeness (QED) is 0.430. The third-order valence-electron chi connectivity index (χ3n) is 3.36. The fourth-order valence-corrected chi connectivity index (χ4v) is 4.35. The lowest BCUT2D eigenvalue weighted by Gasteiger charge is -2.09. The molecule has 0 saturated carbocycles. The van der Waals surface area contributed by atoms with Gasteiger partial charge in [0.25, 0.3) is 11.1 Å². The van der Waals surface area contributed by atoms with E-state index in [9.17, 15) is 14.4 Å². The third kappa shape index (κ3) is 4.78. The van der Waals surface area contributed by atoms with Gasteiger partial charge < -0.3 is 9.15 Å². The van der Waals surface area contributed by atoms with Crippen LogP contribution in [0.3, 0.4) is 0 Å². The molecular formula is C17H11BrClNO5S2. The lowest BCUT2D eigenvalue weighted by Crippen LogP contribution is -2.34. The van der Waals surface area contributed by atoms with Crippen LogP contribution in [0.1, 0.15) is 5.76 Å². The number of esters is 1. The van der Waals surface area contributed by atoms with Crippen LogP contribution in [0.2, 0.25) is 5.02 Å². The Labute approximate surface area is 176 Å². The van der Waals surface area contributed by atoms with Gasteiger partial charge in [-0.05, 0) is 58.0 Å². The van der Waals surface area contributed by atoms with Gasteiger partial charge in [0.2, 0.25) is 0 Å². The van der Waals surface area contributed by atoms with Crippen molar-refractivity contribution in [2.45, 2.75) is 9.99 Å². The highest BCUT2D eigenvalue weighted by Gasteiger charge is 2.36. The van der Waals surface area contributed by atoms with Gasteiger partial charge in [-0.25, -0.2) is 0 Å². The predicted octanol–water partition coefficient (Wildman–Crippen LogP) is 5.06. The van der Waals surface area contributed by atoms with Gasteiger partial charge in [0.15, 0.2) is 5.09 Å². The van der Waals surface area contributed by atoms with Crippen molar-refractivity contribution in [3.05, 3.63) is 50.5 Å². The predicted molar refractivity (Wildman–Crippen MR) is 107 cm³/mol. The van der Waals surface area contributed by atoms with Gasteiger partial charge in [0, 0.05) is 16.0 Å². The SMILES string of the molecule is COC(=O)CN1C(=O)S/C(=C/c2cc(Br)c(Sc3ccc(Cl)cc3)o2)C1=O. The Morgan fingerprint density at radius 3 is 2.74 bits per heavy atom. The number of methoxy groups -OCH3 is 1. The van der Waals surface area contributed by atoms with E-state index >= 15 is 0 Å². The van der Waals surface area contributed by atoms with E-state index in [-0.39, 0.29) is 4.91 Å². The van der Waals surface area contributed by atoms with Crippen molar-refractivity contribution in [1.82, 2.24) is 4.90 Å². The highest BCUT2D eigenvalue weighted by molar-refractivity contribution is 9.10. The zero-order chi connectivity index (χ0) is 19.6. The molecule has 0 N–H and O–H groups in total. The molecule has 6 nitrogen and oxygen atoms in total. The number of amides is 2. The topological polar surface area (TPSA) is 76.8 Å². The van der Waals surface area contributed by atoms with Crippen molar-refractivity contribution in [3.8, 4) is 0 Å². The molecule has 27 heavy (non-hydrogen) atoms. The standard InChI is InChI=1S/C17H11BrClNO5S2/c1-24-14(21)8-20-15(22)13(27-17(20)23)7-10-6-12(18)16(25-10)26-11-4-2-9(19)3-5-11/h2-7H,8H2,1H3/b13-7+. The molecule has 1 saturated heterocycles. The zero-order valence-electron chi connectivity index (χ0n) is 13.7. The second kappa shape index (κ2) is 8.55. The fraction of sp³-hybridized carbons (Fsp3) is 0.118. The van der Waals surface area contributed by atoms with E-state index in [1.165, 1.54) is 24.9 Å². The molecule has 1 aliphatic heterocycles. The molecule has 0 atom stereocenters. The van der Waals surface area contributed by atoms with E-state index in [4.69, 9.17) is 16.0 Å². The smallest absolute Gasteiger partial charge is 0.325 e. The molecule has 2 amide bonds. The number of hydrogen-bond acceptors (Lipinski definition) is 7. The number of thioether (sulfide) groups is 1. The largest absolute Gasteiger partial charge is 0.468 e. The number of carbonyl (C=O) groups is 3. The molecule has 0 spiro atoms. The van der Waals surface area contributed by atoms with Crippen LogP contribution in [0.5, 0.6) is 0 Å². The minimum absolute atomic E-state index is 0.174. The van der Waals surface area contributed by atoms with Crippen molar-refractivity contribution in [2.24, 2.45) is 0 Å². The first-order chi connectivity index (χ1) is 12.9. The molecule has 0 bridgehead atoms. The van der Waals surface area contributed by atoms with Gasteiger partial charge in [0.05, 0.1) is 16.5 Å². The molecule has 10 heteroatoms. The summed E-state index contributed by atoms with van der Waals surface area (Å²) in [6, 6.07) is 8.98. The van der Waals surface area contributed by atoms with E-state index in [1.54, 1.807) is 18.2 Å². The summed E-state index contributed by atoms with van der Waals surface area (Å²) in [5, 5.41) is 0.705. The van der Waals surface area contributed by atoms with E-state index < -0.39 is 23.7 Å². The summed E-state index contributed by atoms with van der Waals surface area (Å²) in [6.07, 6.45) is 1.47. The van der Waals surface area contributed by atoms with Gasteiger partial charge in [-0.1, -0.05) is 23.4 Å². The van der Waals surface area contributed by atoms with E-state index in [2.05, 4.69) is 20.7 Å². The fourth-order valence-electron chi connectivity index (χ4n) is 2.08. The summed E-state index contributed by atoms with van der Waals surface area (Å²) < 4.78 is 11.0. The molecule has 0 aliphatic carbocycles. The monoisotopic (exact) mass is 487 g/mol. The maximum absolute atomic E-state index is 12.3. The number of benzene rings is 1. The summed E-state index contributed by atoms with van der Waals surface area (Å²) in [5.74, 6) is -0.822. The zero-order valence-corrected chi connectivity index (χ0v) is 17.7. The summed E-state index contributed by atoms with van der Waals surface area (Å²) in [5.41, 5.74) is 0. The molecule has 1 aromatic heterocycles. The van der Waals surface area contributed by atoms with E-state index in [0.717, 1.165) is 21.6 Å². The van der Waals surface area contributed by atoms with Crippen LogP contribution < -0.4 is 0 Å². The van der Waals surface area contributed by atoms with Crippen LogP contribution in [0.4, 0.5) is 4.79 Å². The highest BCUT2D eigenvalue weighted by Crippen LogP contribution is 2.38. The molecule has 1 fully saturated rings. The molecule has 140 valence electrons. The lowest BCUT2D eigenvalue weighted by atomic mass is 10.3. The van der Waals surface area contributed by atoms with E-state index in [0.29, 0.717) is 20.3 Å². The van der Waals surface area contributed by atoms with Gasteiger partial charge in [-0.3, -0.25) is 19.3 Å². The van der Waals surface area contributed by atoms with Gasteiger partial charge in [-0.15, -0.1) is 0 Å². The Morgan fingerprint density at radius 2 is 2.07 bits per heavy atom. The minimum Gasteiger partial charge on any atom is -0.468 e. The van der Waals surface area contributed by atoms with Crippen molar-refractivity contribution in [1.29, 1.82) is 0 Å². The first-order valence-electron chi connectivity index (χ1n) is 7.42. The minimum atomic E-state index is -0.666. The molecule has 0 unspecified atom stereocenters. The summed E-state index contributed by atoms with van der Waals surface area (Å²) >= 11 is 11.4. The van der Waals surface area contributed by atoms with Crippen LogP contribution in [-0.2, 0) is 14.3 Å². The van der Waals surface area contributed by atoms with Gasteiger partial charge >= 0.3 is 5.97 Å². The average Bonchev–Trinajstić information content (AvgIpc) is 3.11. The van der Waals surface area contributed by atoms with Crippen molar-refractivity contribution < 1.29 is 23.5 Å².